The quantitative estimate of drug-likeness (QED) is 0.0561. The number of ether oxygens (including phenoxy) is 7. The summed E-state index contributed by atoms with van der Waals surface area (Å²) in [5.41, 5.74) is 4.43. The van der Waals surface area contributed by atoms with E-state index in [0.717, 1.165) is 29.8 Å². The lowest BCUT2D eigenvalue weighted by Crippen LogP contribution is -2.51. The molecule has 0 aromatic heterocycles. The van der Waals surface area contributed by atoms with Gasteiger partial charge in [-0.3, -0.25) is 19.2 Å². The maximum atomic E-state index is 13.3. The van der Waals surface area contributed by atoms with Crippen LogP contribution in [0.25, 0.3) is 0 Å². The second kappa shape index (κ2) is 36.8. The Morgan fingerprint density at radius 2 is 1.00 bits per heavy atom. The summed E-state index contributed by atoms with van der Waals surface area (Å²) in [6, 6.07) is 30.4. The Morgan fingerprint density at radius 3 is 1.43 bits per heavy atom. The van der Waals surface area contributed by atoms with E-state index in [9.17, 15) is 34.2 Å². The summed E-state index contributed by atoms with van der Waals surface area (Å²) in [6.45, 7) is 6.86. The Balaban J connectivity index is 0.000000233. The van der Waals surface area contributed by atoms with Crippen LogP contribution in [0.4, 0.5) is 0 Å². The van der Waals surface area contributed by atoms with Crippen molar-refractivity contribution >= 4 is 30.4 Å². The summed E-state index contributed by atoms with van der Waals surface area (Å²) in [7, 11) is 4.88. The Kier molecular flexibility index (Phi) is 30.0. The van der Waals surface area contributed by atoms with Crippen molar-refractivity contribution in [3.8, 4) is 23.0 Å². The van der Waals surface area contributed by atoms with Crippen molar-refractivity contribution in [2.75, 3.05) is 120 Å². The number of aromatic carboxylic acids is 1. The van der Waals surface area contributed by atoms with Crippen LogP contribution < -0.4 is 10.1 Å². The van der Waals surface area contributed by atoms with Gasteiger partial charge in [-0.2, -0.15) is 0 Å². The van der Waals surface area contributed by atoms with Crippen LogP contribution in [0.1, 0.15) is 68.5 Å². The third-order valence-electron chi connectivity index (χ3n) is 12.6. The maximum Gasteiger partial charge on any atom is 0.335 e. The third-order valence-corrected chi connectivity index (χ3v) is 12.6. The van der Waals surface area contributed by atoms with Crippen molar-refractivity contribution in [2.45, 2.75) is 37.4 Å². The number of aromatic hydroxyl groups is 3. The minimum Gasteiger partial charge on any atom is -0.507 e. The first kappa shape index (κ1) is 65.2. The summed E-state index contributed by atoms with van der Waals surface area (Å²) < 4.78 is 36.8. The molecule has 3 saturated heterocycles. The van der Waals surface area contributed by atoms with Crippen molar-refractivity contribution in [1.29, 1.82) is 0 Å². The summed E-state index contributed by atoms with van der Waals surface area (Å²) in [5, 5.41) is 57.4. The predicted molar refractivity (Wildman–Crippen MR) is 295 cm³/mol. The van der Waals surface area contributed by atoms with Crippen molar-refractivity contribution in [1.82, 2.24) is 15.1 Å². The zero-order chi connectivity index (χ0) is 58.1. The normalized spacial score (nSPS) is 16.5. The molecule has 21 heteroatoms. The fourth-order valence-electron chi connectivity index (χ4n) is 8.28. The summed E-state index contributed by atoms with van der Waals surface area (Å²) in [6.07, 6.45) is 2.95. The number of phenols is 3. The molecule has 3 atom stereocenters. The molecule has 8 rings (SSSR count). The third kappa shape index (κ3) is 20.7. The van der Waals surface area contributed by atoms with Gasteiger partial charge in [-0.25, -0.2) is 4.79 Å². The van der Waals surface area contributed by atoms with E-state index in [2.05, 4.69) is 5.32 Å². The Hall–Kier alpha value is -7.31. The molecule has 5 aromatic carbocycles. The van der Waals surface area contributed by atoms with Crippen LogP contribution in [0.15, 0.2) is 109 Å². The van der Waals surface area contributed by atoms with E-state index in [0.29, 0.717) is 114 Å². The van der Waals surface area contributed by atoms with Crippen molar-refractivity contribution in [2.24, 2.45) is 0 Å². The molecule has 21 nitrogen and oxygen atoms in total. The van der Waals surface area contributed by atoms with Gasteiger partial charge in [-0.1, -0.05) is 66.7 Å². The molecule has 0 bridgehead atoms. The number of benzene rings is 5. The molecule has 2 amide bonds. The molecule has 7 N–H and O–H groups in total. The van der Waals surface area contributed by atoms with Gasteiger partial charge in [0.15, 0.2) is 12.6 Å². The minimum absolute atomic E-state index is 0.0425. The number of morpholine rings is 3. The molecule has 3 fully saturated rings. The van der Waals surface area contributed by atoms with Crippen LogP contribution in [0.5, 0.6) is 23.0 Å². The molecule has 5 aromatic rings. The van der Waals surface area contributed by atoms with Gasteiger partial charge >= 0.3 is 5.97 Å². The van der Waals surface area contributed by atoms with E-state index in [1.165, 1.54) is 24.3 Å². The van der Waals surface area contributed by atoms with Gasteiger partial charge < -0.3 is 78.9 Å². The first-order chi connectivity index (χ1) is 38.9. The van der Waals surface area contributed by atoms with Gasteiger partial charge in [0.25, 0.3) is 11.8 Å². The molecular weight excluding hydrogens is 1040 g/mol. The lowest BCUT2D eigenvalue weighted by Gasteiger charge is -2.36. The second-order valence-electron chi connectivity index (χ2n) is 18.0. The summed E-state index contributed by atoms with van der Waals surface area (Å²) in [4.78, 5) is 61.5. The number of amides is 2. The average molecular weight is 1110 g/mol. The molecule has 0 unspecified atom stereocenters. The number of aliphatic hydroxyl groups is 2. The number of aldehydes is 2. The number of rotatable bonds is 19. The van der Waals surface area contributed by atoms with E-state index in [1.807, 2.05) is 60.7 Å². The molecule has 0 radical (unpaired) electrons. The zero-order valence-electron chi connectivity index (χ0n) is 45.5. The van der Waals surface area contributed by atoms with Gasteiger partial charge in [0, 0.05) is 52.1 Å². The van der Waals surface area contributed by atoms with Gasteiger partial charge in [0.05, 0.1) is 107 Å². The van der Waals surface area contributed by atoms with E-state index in [-0.39, 0.29) is 83.9 Å². The van der Waals surface area contributed by atoms with E-state index in [4.69, 9.17) is 53.6 Å². The molecule has 80 heavy (non-hydrogen) atoms. The highest BCUT2D eigenvalue weighted by molar-refractivity contribution is 5.97. The lowest BCUT2D eigenvalue weighted by atomic mass is 10.0. The Bertz CT molecular complexity index is 2650. The maximum absolute atomic E-state index is 13.3. The number of methoxy groups -OCH3 is 3. The van der Waals surface area contributed by atoms with E-state index in [1.54, 1.807) is 55.4 Å². The number of nitrogens with zero attached hydrogens (tertiary/aromatic N) is 2. The largest absolute Gasteiger partial charge is 0.507 e. The number of nitrogens with one attached hydrogen (secondary N) is 1. The fourth-order valence-corrected chi connectivity index (χ4v) is 8.28. The highest BCUT2D eigenvalue weighted by atomic mass is 16.5. The van der Waals surface area contributed by atoms with Crippen LogP contribution in [-0.2, 0) is 47.7 Å². The number of carboxylic acids is 1. The molecule has 0 spiro atoms. The predicted octanol–water partition coefficient (Wildman–Crippen LogP) is 4.47. The van der Waals surface area contributed by atoms with Crippen molar-refractivity contribution in [3.05, 3.63) is 154 Å². The average Bonchev–Trinajstić information content (AvgIpc) is 3.52. The summed E-state index contributed by atoms with van der Waals surface area (Å²) in [5.74, 6) is -1.27. The highest BCUT2D eigenvalue weighted by Crippen LogP contribution is 2.27. The van der Waals surface area contributed by atoms with Gasteiger partial charge in [0.1, 0.15) is 29.6 Å². The highest BCUT2D eigenvalue weighted by Gasteiger charge is 2.31. The summed E-state index contributed by atoms with van der Waals surface area (Å²) >= 11 is 0. The standard InChI is InChI=1S/C22H25NO6.C15H21NO4.C10H12O3.C7H6O3.C5H11NO2/c1-27-11-9-16-5-2-3-6-18(16)22(26)23-10-12-28-14-17(23)15-29-21-8-4-7-20(25)19(21)13-24;1-19-8-6-12-4-2-3-5-14(12)15(18)16-7-9-20-11-13(16)10-17;1-13-7-6-8-4-2-3-5-9(8)10(11)12;8-4-5-6(9)2-1-3-7(5)10;7-3-5-4-8-2-1-6-5/h2-8,13,17,25H,9-12,14-15H2,1H3;2-5,13,17H,6-11H2,1H3;2-5H,6-7H2,1H3,(H,11,12);1-4,9-10H;5-7H,1-4H2/t17-;13-;;;5-/m01..1/s1. The number of aliphatic hydroxyl groups excluding tert-OH is 2. The molecule has 3 heterocycles. The molecule has 0 saturated carbocycles. The number of carboxylic acid groups (broad SMARTS) is 1. The van der Waals surface area contributed by atoms with Crippen molar-refractivity contribution < 1.29 is 87.8 Å². The lowest BCUT2D eigenvalue weighted by molar-refractivity contribution is -0.0184. The second-order valence-corrected chi connectivity index (χ2v) is 18.0. The molecule has 3 aliphatic rings. The SMILES string of the molecule is COCCc1ccccc1C(=O)N1CCOC[C@H]1CO.COCCc1ccccc1C(=O)N1CCOC[C@H]1COc1cccc(O)c1C=O.COCCc1ccccc1C(=O)O.O=Cc1c(O)cccc1O.OC[C@@H]1COCCN1. The number of hydrogen-bond donors (Lipinski definition) is 7. The first-order valence-electron chi connectivity index (χ1n) is 26.0. The number of phenolic OH excluding ortho intramolecular Hbond substituents is 3. The van der Waals surface area contributed by atoms with Crippen LogP contribution in [-0.4, -0.2) is 209 Å². The van der Waals surface area contributed by atoms with Gasteiger partial charge in [-0.15, -0.1) is 0 Å². The topological polar surface area (TPSA) is 290 Å². The van der Waals surface area contributed by atoms with Crippen LogP contribution in [0.3, 0.4) is 0 Å². The first-order valence-corrected chi connectivity index (χ1v) is 26.0. The van der Waals surface area contributed by atoms with E-state index < -0.39 is 5.97 Å². The minimum atomic E-state index is -0.883. The number of hydrogen-bond acceptors (Lipinski definition) is 18. The Labute approximate surface area is 466 Å². The van der Waals surface area contributed by atoms with Gasteiger partial charge in [0.2, 0.25) is 0 Å². The van der Waals surface area contributed by atoms with Crippen LogP contribution in [0, 0.1) is 0 Å². The molecule has 3 aliphatic heterocycles. The van der Waals surface area contributed by atoms with E-state index >= 15 is 0 Å². The monoisotopic (exact) mass is 1110 g/mol. The number of carbonyl (C=O) groups is 5. The molecular formula is C59H75N3O18. The van der Waals surface area contributed by atoms with Crippen LogP contribution >= 0.6 is 0 Å². The van der Waals surface area contributed by atoms with Gasteiger partial charge in [-0.05, 0) is 78.4 Å². The fraction of sp³-hybridized carbons (Fsp3) is 0.407. The van der Waals surface area contributed by atoms with Crippen LogP contribution in [0.2, 0.25) is 0 Å². The molecule has 434 valence electrons. The molecule has 0 aliphatic carbocycles. The Morgan fingerprint density at radius 1 is 0.562 bits per heavy atom. The number of carbonyl (C=O) groups excluding carboxylic acids is 4. The van der Waals surface area contributed by atoms with Crippen molar-refractivity contribution in [3.63, 3.8) is 0 Å². The zero-order valence-corrected chi connectivity index (χ0v) is 45.5. The smallest absolute Gasteiger partial charge is 0.335 e.